The predicted octanol–water partition coefficient (Wildman–Crippen LogP) is 0.404. The number of phenolic OH excluding ortho intramolecular Hbond substituents is 4. The number of nitrogens with zero attached hydrogens (tertiary/aromatic N) is 1. The van der Waals surface area contributed by atoms with Crippen molar-refractivity contribution in [2.24, 2.45) is 0 Å². The van der Waals surface area contributed by atoms with Crippen LogP contribution in [-0.2, 0) is 23.4 Å². The minimum Gasteiger partial charge on any atom is -0.504 e. The van der Waals surface area contributed by atoms with Gasteiger partial charge in [-0.3, -0.25) is 4.79 Å². The first-order chi connectivity index (χ1) is 16.0. The minimum absolute atomic E-state index is 0.0116. The van der Waals surface area contributed by atoms with E-state index in [9.17, 15) is 40.5 Å². The van der Waals surface area contributed by atoms with Gasteiger partial charge in [0.2, 0.25) is 5.06 Å². The van der Waals surface area contributed by atoms with Crippen LogP contribution in [0.3, 0.4) is 0 Å². The van der Waals surface area contributed by atoms with E-state index in [0.29, 0.717) is 17.9 Å². The Morgan fingerprint density at radius 2 is 1.53 bits per heavy atom. The fraction of sp³-hybridized carbons (Fsp3) is 0.238. The maximum atomic E-state index is 12.4. The van der Waals surface area contributed by atoms with E-state index in [4.69, 9.17) is 5.73 Å². The number of benzene rings is 2. The van der Waals surface area contributed by atoms with E-state index in [1.165, 1.54) is 0 Å². The van der Waals surface area contributed by atoms with Crippen LogP contribution >= 0.6 is 11.3 Å². The average molecular weight is 493 g/mol. The number of aliphatic hydroxyl groups is 2. The van der Waals surface area contributed by atoms with Crippen molar-refractivity contribution in [3.05, 3.63) is 47.2 Å². The molecule has 0 radical (unpaired) electrons. The van der Waals surface area contributed by atoms with Gasteiger partial charge < -0.3 is 52.1 Å². The maximum Gasteiger partial charge on any atom is 0.294 e. The van der Waals surface area contributed by atoms with Crippen molar-refractivity contribution in [2.45, 2.75) is 18.6 Å². The fourth-order valence-electron chi connectivity index (χ4n) is 3.18. The first kappa shape index (κ1) is 24.9. The standard InChI is InChI=1S/C21H24N4O8S/c22-20-25-17(18(30)34-20)21(32,33)19(31)24-12-15(28)13(26)11(14(27)16(12)29)7-9-23-8-6-10-4-2-1-3-5-10/h1-5,23,26-30,32-33H,6-9H2,(H2,22,25)(H,24,31). The van der Waals surface area contributed by atoms with Crippen LogP contribution in [0.4, 0.5) is 10.8 Å². The Morgan fingerprint density at radius 3 is 2.09 bits per heavy atom. The Hall–Kier alpha value is -3.78. The zero-order chi connectivity index (χ0) is 25.0. The second-order valence-corrected chi connectivity index (χ2v) is 8.32. The van der Waals surface area contributed by atoms with Gasteiger partial charge in [-0.1, -0.05) is 41.7 Å². The number of amides is 1. The number of thiazole rings is 1. The number of anilines is 2. The maximum absolute atomic E-state index is 12.4. The molecule has 0 saturated carbocycles. The molecule has 1 heterocycles. The highest BCUT2D eigenvalue weighted by Crippen LogP contribution is 2.50. The first-order valence-corrected chi connectivity index (χ1v) is 10.8. The smallest absolute Gasteiger partial charge is 0.294 e. The van der Waals surface area contributed by atoms with E-state index in [1.807, 2.05) is 30.3 Å². The first-order valence-electron chi connectivity index (χ1n) is 9.99. The highest BCUT2D eigenvalue weighted by molar-refractivity contribution is 7.17. The molecule has 0 aliphatic heterocycles. The lowest BCUT2D eigenvalue weighted by Gasteiger charge is -2.21. The Kier molecular flexibility index (Phi) is 7.32. The molecule has 11 N–H and O–H groups in total. The number of hydrogen-bond donors (Lipinski definition) is 10. The van der Waals surface area contributed by atoms with Gasteiger partial charge in [0.1, 0.15) is 5.69 Å². The Morgan fingerprint density at radius 1 is 0.941 bits per heavy atom. The van der Waals surface area contributed by atoms with Crippen LogP contribution in [0.5, 0.6) is 28.1 Å². The third kappa shape index (κ3) is 5.07. The molecule has 12 nitrogen and oxygen atoms in total. The van der Waals surface area contributed by atoms with Crippen molar-refractivity contribution in [3.8, 4) is 28.1 Å². The molecule has 1 aromatic heterocycles. The van der Waals surface area contributed by atoms with Crippen molar-refractivity contribution in [1.29, 1.82) is 0 Å². The molecule has 0 unspecified atom stereocenters. The van der Waals surface area contributed by atoms with Crippen molar-refractivity contribution in [2.75, 3.05) is 24.1 Å². The van der Waals surface area contributed by atoms with E-state index in [1.54, 1.807) is 5.32 Å². The SMILES string of the molecule is Nc1nc(C(O)(O)C(=O)Nc2c(O)c(O)c(CCNCCc3ccccc3)c(O)c2O)c(O)s1. The number of nitrogens with two attached hydrogens (primary N) is 1. The van der Waals surface area contributed by atoms with Gasteiger partial charge in [0.25, 0.3) is 11.7 Å². The number of nitrogen functional groups attached to an aromatic ring is 1. The largest absolute Gasteiger partial charge is 0.504 e. The number of carbonyl (C=O) groups is 1. The number of phenols is 4. The van der Waals surface area contributed by atoms with E-state index >= 15 is 0 Å². The highest BCUT2D eigenvalue weighted by atomic mass is 32.1. The van der Waals surface area contributed by atoms with Gasteiger partial charge in [-0.25, -0.2) is 4.98 Å². The van der Waals surface area contributed by atoms with E-state index in [-0.39, 0.29) is 23.7 Å². The minimum atomic E-state index is -3.41. The second-order valence-electron chi connectivity index (χ2n) is 7.32. The summed E-state index contributed by atoms with van der Waals surface area (Å²) in [5.41, 5.74) is 4.54. The molecular weight excluding hydrogens is 468 g/mol. The molecule has 0 saturated heterocycles. The quantitative estimate of drug-likeness (QED) is 0.0852. The number of carbonyl (C=O) groups excluding carboxylic acids is 1. The van der Waals surface area contributed by atoms with Gasteiger partial charge in [-0.15, -0.1) is 0 Å². The lowest BCUT2D eigenvalue weighted by molar-refractivity contribution is -0.185. The van der Waals surface area contributed by atoms with E-state index < -0.39 is 51.1 Å². The number of rotatable bonds is 9. The lowest BCUT2D eigenvalue weighted by Crippen LogP contribution is -2.40. The number of hydrogen-bond acceptors (Lipinski definition) is 12. The summed E-state index contributed by atoms with van der Waals surface area (Å²) in [6.07, 6.45) is 0.752. The van der Waals surface area contributed by atoms with Gasteiger partial charge in [-0.05, 0) is 31.5 Å². The topological polar surface area (TPSA) is 222 Å². The predicted molar refractivity (Wildman–Crippen MR) is 123 cm³/mol. The fourth-order valence-corrected chi connectivity index (χ4v) is 3.80. The molecule has 3 aromatic rings. The zero-order valence-corrected chi connectivity index (χ0v) is 18.5. The van der Waals surface area contributed by atoms with Crippen molar-refractivity contribution >= 4 is 28.1 Å². The third-order valence-corrected chi connectivity index (χ3v) is 5.68. The molecule has 182 valence electrons. The Bertz CT molecular complexity index is 1150. The van der Waals surface area contributed by atoms with Crippen LogP contribution in [-0.4, -0.2) is 59.7 Å². The van der Waals surface area contributed by atoms with Crippen molar-refractivity contribution in [3.63, 3.8) is 0 Å². The molecule has 0 atom stereocenters. The molecule has 34 heavy (non-hydrogen) atoms. The summed E-state index contributed by atoms with van der Waals surface area (Å²) < 4.78 is 0. The molecule has 3 rings (SSSR count). The van der Waals surface area contributed by atoms with Gasteiger partial charge in [0, 0.05) is 5.56 Å². The van der Waals surface area contributed by atoms with E-state index in [2.05, 4.69) is 10.3 Å². The summed E-state index contributed by atoms with van der Waals surface area (Å²) in [5, 5.41) is 75.0. The average Bonchev–Trinajstić information content (AvgIpc) is 3.16. The summed E-state index contributed by atoms with van der Waals surface area (Å²) in [5.74, 6) is -8.74. The molecule has 0 spiro atoms. The van der Waals surface area contributed by atoms with Crippen LogP contribution in [0.2, 0.25) is 0 Å². The Balaban J connectivity index is 1.71. The molecular formula is C21H24N4O8S. The summed E-state index contributed by atoms with van der Waals surface area (Å²) in [6.45, 7) is 0.875. The third-order valence-electron chi connectivity index (χ3n) is 4.99. The van der Waals surface area contributed by atoms with Crippen molar-refractivity contribution < 1.29 is 40.5 Å². The highest BCUT2D eigenvalue weighted by Gasteiger charge is 2.42. The second kappa shape index (κ2) is 10.0. The zero-order valence-electron chi connectivity index (χ0n) is 17.7. The van der Waals surface area contributed by atoms with Gasteiger partial charge in [-0.2, -0.15) is 0 Å². The van der Waals surface area contributed by atoms with Crippen LogP contribution in [0.25, 0.3) is 0 Å². The number of aromatic nitrogens is 1. The van der Waals surface area contributed by atoms with Crippen molar-refractivity contribution in [1.82, 2.24) is 10.3 Å². The molecule has 2 aromatic carbocycles. The van der Waals surface area contributed by atoms with Crippen LogP contribution in [0, 0.1) is 0 Å². The molecule has 0 bridgehead atoms. The van der Waals surface area contributed by atoms with Gasteiger partial charge >= 0.3 is 0 Å². The van der Waals surface area contributed by atoms with E-state index in [0.717, 1.165) is 12.0 Å². The molecule has 0 fully saturated rings. The van der Waals surface area contributed by atoms with Crippen LogP contribution in [0.15, 0.2) is 30.3 Å². The molecule has 0 aliphatic carbocycles. The molecule has 13 heteroatoms. The summed E-state index contributed by atoms with van der Waals surface area (Å²) >= 11 is 0.480. The molecule has 0 aliphatic rings. The number of nitrogens with one attached hydrogen (secondary N) is 2. The Labute approximate surface area is 197 Å². The normalized spacial score (nSPS) is 11.5. The monoisotopic (exact) mass is 492 g/mol. The number of aromatic hydroxyl groups is 5. The van der Waals surface area contributed by atoms with Gasteiger partial charge in [0.15, 0.2) is 33.8 Å². The molecule has 1 amide bonds. The van der Waals surface area contributed by atoms with Crippen LogP contribution < -0.4 is 16.4 Å². The van der Waals surface area contributed by atoms with Crippen LogP contribution in [0.1, 0.15) is 16.8 Å². The van der Waals surface area contributed by atoms with Gasteiger partial charge in [0.05, 0.1) is 0 Å². The summed E-state index contributed by atoms with van der Waals surface area (Å²) in [6, 6.07) is 9.70. The summed E-state index contributed by atoms with van der Waals surface area (Å²) in [4.78, 5) is 15.8. The summed E-state index contributed by atoms with van der Waals surface area (Å²) in [7, 11) is 0. The lowest BCUT2D eigenvalue weighted by atomic mass is 10.1.